The van der Waals surface area contributed by atoms with E-state index in [0.29, 0.717) is 23.4 Å². The molecule has 10 heteroatoms. The van der Waals surface area contributed by atoms with E-state index in [2.05, 4.69) is 44.3 Å². The van der Waals surface area contributed by atoms with E-state index in [-0.39, 0.29) is 6.54 Å². The van der Waals surface area contributed by atoms with Gasteiger partial charge in [-0.25, -0.2) is 9.98 Å². The van der Waals surface area contributed by atoms with E-state index in [9.17, 15) is 13.2 Å². The smallest absolute Gasteiger partial charge is 0.357 e. The van der Waals surface area contributed by atoms with Gasteiger partial charge in [0.25, 0.3) is 0 Å². The number of alkyl halides is 3. The number of nitrogens with one attached hydrogen (secondary N) is 2. The summed E-state index contributed by atoms with van der Waals surface area (Å²) in [4.78, 5) is 12.9. The largest absolute Gasteiger partial charge is 0.434 e. The van der Waals surface area contributed by atoms with Crippen LogP contribution in [-0.2, 0) is 12.7 Å². The molecule has 0 bridgehead atoms. The molecule has 6 nitrogen and oxygen atoms in total. The van der Waals surface area contributed by atoms with E-state index in [1.54, 1.807) is 0 Å². The van der Waals surface area contributed by atoms with Crippen LogP contribution in [0.15, 0.2) is 10.4 Å². The van der Waals surface area contributed by atoms with Crippen molar-refractivity contribution in [3.8, 4) is 0 Å². The Morgan fingerprint density at radius 2 is 1.89 bits per heavy atom. The number of nitrogens with zero attached hydrogens (tertiary/aromatic N) is 4. The lowest BCUT2D eigenvalue weighted by molar-refractivity contribution is -0.140. The number of hydrogen-bond acceptors (Lipinski definition) is 5. The maximum Gasteiger partial charge on any atom is 0.434 e. The average molecular weight is 421 g/mol. The van der Waals surface area contributed by atoms with E-state index in [1.165, 1.54) is 0 Å². The zero-order valence-electron chi connectivity index (χ0n) is 16.8. The van der Waals surface area contributed by atoms with Crippen LogP contribution in [0.3, 0.4) is 0 Å². The maximum atomic E-state index is 12.6. The van der Waals surface area contributed by atoms with Gasteiger partial charge >= 0.3 is 6.18 Å². The van der Waals surface area contributed by atoms with Crippen molar-refractivity contribution in [1.29, 1.82) is 0 Å². The highest BCUT2D eigenvalue weighted by molar-refractivity contribution is 7.09. The van der Waals surface area contributed by atoms with Gasteiger partial charge in [-0.1, -0.05) is 13.8 Å². The van der Waals surface area contributed by atoms with Gasteiger partial charge in [0.1, 0.15) is 5.01 Å². The van der Waals surface area contributed by atoms with Crippen LogP contribution in [0.1, 0.15) is 31.5 Å². The Labute approximate surface area is 169 Å². The summed E-state index contributed by atoms with van der Waals surface area (Å²) < 4.78 is 37.9. The van der Waals surface area contributed by atoms with E-state index in [4.69, 9.17) is 0 Å². The van der Waals surface area contributed by atoms with E-state index < -0.39 is 11.9 Å². The van der Waals surface area contributed by atoms with Crippen LogP contribution in [0, 0.1) is 5.92 Å². The van der Waals surface area contributed by atoms with Gasteiger partial charge in [0.15, 0.2) is 11.7 Å². The summed E-state index contributed by atoms with van der Waals surface area (Å²) in [6.07, 6.45) is -4.40. The van der Waals surface area contributed by atoms with Crippen LogP contribution < -0.4 is 10.6 Å². The number of halogens is 3. The molecule has 160 valence electrons. The number of piperazine rings is 1. The number of thiazole rings is 1. The molecule has 1 fully saturated rings. The Morgan fingerprint density at radius 1 is 1.21 bits per heavy atom. The summed E-state index contributed by atoms with van der Waals surface area (Å²) in [6, 6.07) is 0. The van der Waals surface area contributed by atoms with Crippen molar-refractivity contribution in [2.75, 3.05) is 52.4 Å². The number of likely N-dealkylation sites (N-methyl/N-ethyl adjacent to an activating group) is 1. The lowest BCUT2D eigenvalue weighted by Crippen LogP contribution is -2.48. The fraction of sp³-hybridized carbons (Fsp3) is 0.778. The van der Waals surface area contributed by atoms with Crippen molar-refractivity contribution in [1.82, 2.24) is 25.4 Å². The number of guanidine groups is 1. The first-order valence-electron chi connectivity index (χ1n) is 9.80. The summed E-state index contributed by atoms with van der Waals surface area (Å²) in [5.41, 5.74) is -0.850. The Bertz CT molecular complexity index is 611. The Morgan fingerprint density at radius 3 is 2.46 bits per heavy atom. The van der Waals surface area contributed by atoms with Gasteiger partial charge in [0.05, 0.1) is 6.54 Å². The van der Waals surface area contributed by atoms with Crippen LogP contribution >= 0.6 is 11.3 Å². The molecule has 0 spiro atoms. The van der Waals surface area contributed by atoms with E-state index in [0.717, 1.165) is 62.5 Å². The molecule has 0 aliphatic carbocycles. The van der Waals surface area contributed by atoms with Gasteiger partial charge in [0, 0.05) is 51.2 Å². The van der Waals surface area contributed by atoms with Gasteiger partial charge in [-0.15, -0.1) is 11.3 Å². The average Bonchev–Trinajstić information content (AvgIpc) is 3.14. The third-order valence-corrected chi connectivity index (χ3v) is 5.49. The van der Waals surface area contributed by atoms with Crippen molar-refractivity contribution >= 4 is 17.3 Å². The minimum atomic E-state index is -4.40. The summed E-state index contributed by atoms with van der Waals surface area (Å²) in [5.74, 6) is 1.04. The molecule has 1 aliphatic rings. The van der Waals surface area contributed by atoms with Crippen molar-refractivity contribution in [3.63, 3.8) is 0 Å². The third-order valence-electron chi connectivity index (χ3n) is 4.66. The second-order valence-corrected chi connectivity index (χ2v) is 7.98. The fourth-order valence-corrected chi connectivity index (χ4v) is 3.79. The van der Waals surface area contributed by atoms with Crippen LogP contribution in [-0.4, -0.2) is 73.1 Å². The zero-order valence-corrected chi connectivity index (χ0v) is 17.7. The van der Waals surface area contributed by atoms with Crippen molar-refractivity contribution in [2.45, 2.75) is 33.5 Å². The van der Waals surface area contributed by atoms with Crippen molar-refractivity contribution in [3.05, 3.63) is 16.1 Å². The fourth-order valence-electron chi connectivity index (χ4n) is 3.07. The lowest BCUT2D eigenvalue weighted by atomic mass is 10.1. The second kappa shape index (κ2) is 11.0. The molecule has 0 aromatic carbocycles. The Hall–Kier alpha value is -1.39. The normalized spacial score (nSPS) is 18.3. The predicted molar refractivity (Wildman–Crippen MR) is 108 cm³/mol. The standard InChI is InChI=1S/C18H31F3N6S/c1-4-22-17(24-11-16-25-15(13-28-16)18(19,20)21)23-10-14(3)12-27-8-6-26(5-2)7-9-27/h13-14H,4-12H2,1-3H3,(H2,22,23,24). The second-order valence-electron chi connectivity index (χ2n) is 7.04. The minimum absolute atomic E-state index is 0.128. The molecule has 28 heavy (non-hydrogen) atoms. The van der Waals surface area contributed by atoms with E-state index >= 15 is 0 Å². The topological polar surface area (TPSA) is 55.8 Å². The molecular formula is C18H31F3N6S. The molecule has 2 N–H and O–H groups in total. The summed E-state index contributed by atoms with van der Waals surface area (Å²) in [5, 5.41) is 7.82. The third kappa shape index (κ3) is 7.56. The molecule has 2 heterocycles. The highest BCUT2D eigenvalue weighted by atomic mass is 32.1. The summed E-state index contributed by atoms with van der Waals surface area (Å²) in [6.45, 7) is 14.5. The van der Waals surface area contributed by atoms with E-state index in [1.807, 2.05) is 6.92 Å². The predicted octanol–water partition coefficient (Wildman–Crippen LogP) is 2.49. The molecule has 1 aromatic heterocycles. The van der Waals surface area contributed by atoms with Crippen LogP contribution in [0.25, 0.3) is 0 Å². The van der Waals surface area contributed by atoms with Crippen molar-refractivity contribution < 1.29 is 13.2 Å². The van der Waals surface area contributed by atoms with Crippen molar-refractivity contribution in [2.24, 2.45) is 10.9 Å². The molecule has 1 atom stereocenters. The summed E-state index contributed by atoms with van der Waals surface area (Å²) in [7, 11) is 0. The summed E-state index contributed by atoms with van der Waals surface area (Å²) >= 11 is 0.982. The van der Waals surface area contributed by atoms with Gasteiger partial charge in [-0.05, 0) is 19.4 Å². The number of aromatic nitrogens is 1. The molecule has 1 aliphatic heterocycles. The number of aliphatic imine (C=N–C) groups is 1. The van der Waals surface area contributed by atoms with Crippen LogP contribution in [0.2, 0.25) is 0 Å². The Balaban J connectivity index is 1.79. The van der Waals surface area contributed by atoms with Gasteiger partial charge in [0.2, 0.25) is 0 Å². The lowest BCUT2D eigenvalue weighted by Gasteiger charge is -2.35. The Kier molecular flexibility index (Phi) is 8.97. The SMILES string of the molecule is CCNC(=NCc1nc(C(F)(F)F)cs1)NCC(C)CN1CCN(CC)CC1. The molecule has 1 saturated heterocycles. The first-order valence-corrected chi connectivity index (χ1v) is 10.7. The monoisotopic (exact) mass is 420 g/mol. The molecular weight excluding hydrogens is 389 g/mol. The maximum absolute atomic E-state index is 12.6. The molecule has 0 saturated carbocycles. The highest BCUT2D eigenvalue weighted by Crippen LogP contribution is 2.30. The number of hydrogen-bond donors (Lipinski definition) is 2. The quantitative estimate of drug-likeness (QED) is 0.500. The molecule has 1 aromatic rings. The highest BCUT2D eigenvalue weighted by Gasteiger charge is 2.33. The minimum Gasteiger partial charge on any atom is -0.357 e. The van der Waals surface area contributed by atoms with Crippen LogP contribution in [0.4, 0.5) is 13.2 Å². The molecule has 1 unspecified atom stereocenters. The van der Waals surface area contributed by atoms with Gasteiger partial charge in [-0.3, -0.25) is 0 Å². The molecule has 0 radical (unpaired) electrons. The zero-order chi connectivity index (χ0) is 20.6. The number of rotatable bonds is 8. The molecule has 0 amide bonds. The van der Waals surface area contributed by atoms with Gasteiger partial charge < -0.3 is 20.4 Å². The molecule has 2 rings (SSSR count). The first-order chi connectivity index (χ1) is 13.3. The first kappa shape index (κ1) is 22.9. The van der Waals surface area contributed by atoms with Gasteiger partial charge in [-0.2, -0.15) is 13.2 Å². The van der Waals surface area contributed by atoms with Crippen LogP contribution in [0.5, 0.6) is 0 Å².